The van der Waals surface area contributed by atoms with Crippen molar-refractivity contribution in [3.8, 4) is 12.1 Å². The van der Waals surface area contributed by atoms with Crippen LogP contribution in [0.3, 0.4) is 0 Å². The molecule has 340 valence electrons. The van der Waals surface area contributed by atoms with Gasteiger partial charge < -0.3 is 30.7 Å². The quantitative estimate of drug-likeness (QED) is 0.117. The molecule has 66 heavy (non-hydrogen) atoms. The first-order valence-corrected chi connectivity index (χ1v) is 22.1. The van der Waals surface area contributed by atoms with Gasteiger partial charge in [0.25, 0.3) is 11.1 Å². The number of carbonyl (C=O) groups is 2. The summed E-state index contributed by atoms with van der Waals surface area (Å²) in [6.45, 7) is 9.88. The Morgan fingerprint density at radius 3 is 1.35 bits per heavy atom. The molecule has 2 atom stereocenters. The molecule has 0 radical (unpaired) electrons. The number of carbonyl (C=O) groups excluding carboxylic acids is 2. The third-order valence-electron chi connectivity index (χ3n) is 11.3. The van der Waals surface area contributed by atoms with Gasteiger partial charge in [0.05, 0.1) is 11.4 Å². The average Bonchev–Trinajstić information content (AvgIpc) is 3.31. The molecule has 0 aromatic carbocycles. The Hall–Kier alpha value is -7.28. The van der Waals surface area contributed by atoms with Crippen LogP contribution in [-0.2, 0) is 9.47 Å². The number of aromatic nitrogens is 6. The summed E-state index contributed by atoms with van der Waals surface area (Å²) in [5.74, 6) is -0.748. The number of anilines is 4. The van der Waals surface area contributed by atoms with E-state index in [1.54, 1.807) is 38.4 Å². The van der Waals surface area contributed by atoms with Gasteiger partial charge in [0.2, 0.25) is 0 Å². The van der Waals surface area contributed by atoms with Crippen molar-refractivity contribution in [3.05, 3.63) is 125 Å². The lowest BCUT2D eigenvalue weighted by Crippen LogP contribution is -2.34. The van der Waals surface area contributed by atoms with E-state index in [1.165, 1.54) is 33.1 Å². The van der Waals surface area contributed by atoms with Crippen LogP contribution in [0.25, 0.3) is 11.3 Å². The second kappa shape index (κ2) is 19.9. The third-order valence-corrected chi connectivity index (χ3v) is 11.7. The van der Waals surface area contributed by atoms with Gasteiger partial charge in [-0.1, -0.05) is 23.2 Å². The van der Waals surface area contributed by atoms with Crippen molar-refractivity contribution in [2.75, 3.05) is 47.4 Å². The standard InChI is InChI=1S/2C23H23ClN6O3/c2*1-13-10-15(14(2)33-23(32)19-17(26)6-7-18(24)27-19)21-28-20(29-8-4-3-5-9-29)16(11-25)22(31)30(21)12-13/h2*6-7,10,12,14H,3-5,8-9,26H2,1-2H3/t2*14-/m10/s1. The lowest BCUT2D eigenvalue weighted by atomic mass is 10.1. The summed E-state index contributed by atoms with van der Waals surface area (Å²) < 4.78 is 13.9. The van der Waals surface area contributed by atoms with Crippen LogP contribution in [0.4, 0.5) is 23.0 Å². The van der Waals surface area contributed by atoms with Crippen LogP contribution < -0.4 is 32.4 Å². The minimum absolute atomic E-state index is 0.00602. The maximum Gasteiger partial charge on any atom is 0.359 e. The number of aryl methyl sites for hydroxylation is 2. The van der Waals surface area contributed by atoms with Crippen molar-refractivity contribution in [3.63, 3.8) is 0 Å². The molecular weight excluding hydrogens is 887 g/mol. The number of pyridine rings is 4. The smallest absolute Gasteiger partial charge is 0.359 e. The Kier molecular flexibility index (Phi) is 14.0. The summed E-state index contributed by atoms with van der Waals surface area (Å²) in [6.07, 6.45) is 7.77. The summed E-state index contributed by atoms with van der Waals surface area (Å²) in [5, 5.41) is 19.6. The van der Waals surface area contributed by atoms with E-state index in [0.29, 0.717) is 34.1 Å². The van der Waals surface area contributed by atoms with Crippen LogP contribution in [0.2, 0.25) is 10.3 Å². The predicted octanol–water partition coefficient (Wildman–Crippen LogP) is 6.83. The van der Waals surface area contributed by atoms with Gasteiger partial charge in [-0.05, 0) is 114 Å². The van der Waals surface area contributed by atoms with Crippen molar-refractivity contribution in [2.24, 2.45) is 0 Å². The van der Waals surface area contributed by atoms with Crippen molar-refractivity contribution in [1.82, 2.24) is 28.7 Å². The zero-order valence-electron chi connectivity index (χ0n) is 36.7. The lowest BCUT2D eigenvalue weighted by molar-refractivity contribution is 0.0324. The number of nitriles is 2. The van der Waals surface area contributed by atoms with E-state index < -0.39 is 35.3 Å². The van der Waals surface area contributed by atoms with Gasteiger partial charge in [0.1, 0.15) is 45.9 Å². The number of piperidine rings is 2. The molecule has 0 amide bonds. The minimum Gasteiger partial charge on any atom is -0.453 e. The molecule has 0 unspecified atom stereocenters. The summed E-state index contributed by atoms with van der Waals surface area (Å²) in [4.78, 5) is 73.2. The predicted molar refractivity (Wildman–Crippen MR) is 249 cm³/mol. The molecule has 0 saturated carbocycles. The zero-order chi connectivity index (χ0) is 47.4. The van der Waals surface area contributed by atoms with Gasteiger partial charge in [0, 0.05) is 49.7 Å². The zero-order valence-corrected chi connectivity index (χ0v) is 38.2. The maximum atomic E-state index is 13.2. The SMILES string of the molecule is Cc1cc([C@@H](C)OC(=O)c2nc(Cl)ccc2N)c2nc(N3CCCCC3)c(C#N)c(=O)n2c1.Cc1cc([C@H](C)OC(=O)c2nc(Cl)ccc2N)c2nc(N3CCCCC3)c(C#N)c(=O)n2c1. The van der Waals surface area contributed by atoms with E-state index in [2.05, 4.69) is 9.97 Å². The Balaban J connectivity index is 0.000000196. The monoisotopic (exact) mass is 932 g/mol. The van der Waals surface area contributed by atoms with Gasteiger partial charge >= 0.3 is 11.9 Å². The van der Waals surface area contributed by atoms with E-state index in [4.69, 9.17) is 54.1 Å². The fourth-order valence-corrected chi connectivity index (χ4v) is 8.33. The van der Waals surface area contributed by atoms with Gasteiger partial charge in [-0.25, -0.2) is 29.5 Å². The van der Waals surface area contributed by atoms with Gasteiger partial charge in [-0.2, -0.15) is 10.5 Å². The van der Waals surface area contributed by atoms with E-state index in [-0.39, 0.29) is 44.2 Å². The number of hydrogen-bond acceptors (Lipinski definition) is 16. The molecule has 2 aliphatic rings. The second-order valence-electron chi connectivity index (χ2n) is 16.1. The van der Waals surface area contributed by atoms with Crippen molar-refractivity contribution < 1.29 is 19.1 Å². The van der Waals surface area contributed by atoms with E-state index in [0.717, 1.165) is 75.8 Å². The van der Waals surface area contributed by atoms with Crippen molar-refractivity contribution >= 4 is 69.4 Å². The van der Waals surface area contributed by atoms with Gasteiger partial charge in [-0.15, -0.1) is 0 Å². The summed E-state index contributed by atoms with van der Waals surface area (Å²) in [6, 6.07) is 13.6. The van der Waals surface area contributed by atoms with Crippen LogP contribution >= 0.6 is 23.2 Å². The van der Waals surface area contributed by atoms with Crippen LogP contribution in [0, 0.1) is 36.5 Å². The molecule has 20 heteroatoms. The highest BCUT2D eigenvalue weighted by Crippen LogP contribution is 2.30. The van der Waals surface area contributed by atoms with E-state index >= 15 is 0 Å². The second-order valence-corrected chi connectivity index (χ2v) is 16.9. The number of nitrogens with zero attached hydrogens (tertiary/aromatic N) is 10. The highest BCUT2D eigenvalue weighted by molar-refractivity contribution is 6.30. The molecule has 6 aromatic heterocycles. The molecule has 2 saturated heterocycles. The van der Waals surface area contributed by atoms with Crippen LogP contribution in [0.15, 0.2) is 58.4 Å². The number of hydrogen-bond donors (Lipinski definition) is 2. The number of nitrogens with two attached hydrogens (primary N) is 2. The van der Waals surface area contributed by atoms with Gasteiger partial charge in [-0.3, -0.25) is 18.4 Å². The Bertz CT molecular complexity index is 2890. The Morgan fingerprint density at radius 2 is 1.00 bits per heavy atom. The normalized spacial score (nSPS) is 14.7. The number of halogens is 2. The first-order valence-electron chi connectivity index (χ1n) is 21.3. The van der Waals surface area contributed by atoms with E-state index in [9.17, 15) is 29.7 Å². The number of esters is 2. The fraction of sp³-hybridized carbons (Fsp3) is 0.348. The van der Waals surface area contributed by atoms with Crippen LogP contribution in [0.1, 0.15) is 119 Å². The lowest BCUT2D eigenvalue weighted by Gasteiger charge is -2.28. The third kappa shape index (κ3) is 9.70. The molecule has 2 fully saturated rings. The molecule has 8 rings (SSSR count). The molecule has 8 heterocycles. The molecule has 4 N–H and O–H groups in total. The minimum atomic E-state index is -0.776. The number of nitrogen functional groups attached to an aromatic ring is 2. The molecule has 18 nitrogen and oxygen atoms in total. The summed E-state index contributed by atoms with van der Waals surface area (Å²) in [7, 11) is 0. The largest absolute Gasteiger partial charge is 0.453 e. The molecule has 0 aliphatic carbocycles. The van der Waals surface area contributed by atoms with Crippen molar-refractivity contribution in [1.29, 1.82) is 10.5 Å². The Morgan fingerprint density at radius 1 is 0.636 bits per heavy atom. The first-order chi connectivity index (χ1) is 31.6. The van der Waals surface area contributed by atoms with Crippen LogP contribution in [-0.4, -0.2) is 66.9 Å². The summed E-state index contributed by atoms with van der Waals surface area (Å²) in [5.41, 5.74) is 14.2. The van der Waals surface area contributed by atoms with Crippen LogP contribution in [0.5, 0.6) is 0 Å². The maximum absolute atomic E-state index is 13.2. The topological polar surface area (TPSA) is 253 Å². The molecule has 2 aliphatic heterocycles. The number of rotatable bonds is 8. The van der Waals surface area contributed by atoms with Crippen molar-refractivity contribution in [2.45, 2.75) is 78.4 Å². The van der Waals surface area contributed by atoms with E-state index in [1.807, 2.05) is 35.8 Å². The molecular formula is C46H46Cl2N12O6. The Labute approximate surface area is 388 Å². The highest BCUT2D eigenvalue weighted by Gasteiger charge is 2.27. The first kappa shape index (κ1) is 46.7. The number of ether oxygens (including phenoxy) is 2. The highest BCUT2D eigenvalue weighted by atomic mass is 35.5. The average molecular weight is 934 g/mol. The number of fused-ring (bicyclic) bond motifs is 2. The summed E-state index contributed by atoms with van der Waals surface area (Å²) >= 11 is 11.8. The van der Waals surface area contributed by atoms with Gasteiger partial charge in [0.15, 0.2) is 34.2 Å². The fourth-order valence-electron chi connectivity index (χ4n) is 8.03. The molecule has 0 spiro atoms. The molecule has 6 aromatic rings. The molecule has 0 bridgehead atoms.